The molecule has 2 saturated heterocycles. The van der Waals surface area contributed by atoms with Crippen LogP contribution in [0.3, 0.4) is 0 Å². The van der Waals surface area contributed by atoms with Gasteiger partial charge in [-0.25, -0.2) is 4.79 Å². The molecule has 0 aliphatic carbocycles. The number of carboxylic acids is 1. The van der Waals surface area contributed by atoms with Crippen molar-refractivity contribution in [1.82, 2.24) is 9.80 Å². The minimum absolute atomic E-state index is 0.0277. The van der Waals surface area contributed by atoms with Crippen LogP contribution in [0.4, 0.5) is 0 Å². The van der Waals surface area contributed by atoms with Crippen molar-refractivity contribution in [2.24, 2.45) is 0 Å². The van der Waals surface area contributed by atoms with E-state index >= 15 is 0 Å². The molecule has 0 aromatic heterocycles. The van der Waals surface area contributed by atoms with Gasteiger partial charge >= 0.3 is 12.9 Å². The van der Waals surface area contributed by atoms with E-state index in [9.17, 15) is 19.8 Å². The van der Waals surface area contributed by atoms with Crippen LogP contribution >= 0.6 is 0 Å². The van der Waals surface area contributed by atoms with Gasteiger partial charge in [0.2, 0.25) is 5.91 Å². The van der Waals surface area contributed by atoms with Gasteiger partial charge in [0.05, 0.1) is 25.4 Å². The van der Waals surface area contributed by atoms with Crippen LogP contribution < -0.4 is 9.39 Å². The number of carbonyl (C=O) groups excluding carboxylic acids is 1. The molecule has 0 saturated carbocycles. The van der Waals surface area contributed by atoms with Crippen molar-refractivity contribution < 1.29 is 29.2 Å². The number of aliphatic hydroxyl groups is 1. The lowest BCUT2D eigenvalue weighted by molar-refractivity contribution is -0.139. The minimum Gasteiger partial charge on any atom is -0.557 e. The second-order valence-electron chi connectivity index (χ2n) is 7.83. The molecule has 1 aromatic rings. The van der Waals surface area contributed by atoms with Gasteiger partial charge in [0.1, 0.15) is 29.7 Å². The Morgan fingerprint density at radius 1 is 1.43 bits per heavy atom. The van der Waals surface area contributed by atoms with Crippen LogP contribution in [0.2, 0.25) is 5.82 Å². The summed E-state index contributed by atoms with van der Waals surface area (Å²) in [7, 11) is 0. The van der Waals surface area contributed by atoms with Crippen LogP contribution in [-0.4, -0.2) is 76.9 Å². The normalized spacial score (nSPS) is 22.3. The Bertz CT molecular complexity index is 901. The number of carboxylic acid groups (broad SMARTS) is 1. The summed E-state index contributed by atoms with van der Waals surface area (Å²) in [6.07, 6.45) is 5.58. The first-order valence-electron chi connectivity index (χ1n) is 10.0. The van der Waals surface area contributed by atoms with Crippen molar-refractivity contribution in [3.63, 3.8) is 0 Å². The van der Waals surface area contributed by atoms with Crippen LogP contribution in [0.1, 0.15) is 29.3 Å². The molecule has 10 heteroatoms. The molecule has 3 heterocycles. The van der Waals surface area contributed by atoms with E-state index in [4.69, 9.17) is 14.8 Å². The summed E-state index contributed by atoms with van der Waals surface area (Å²) in [6.45, 7) is 2.22. The number of amides is 1. The lowest BCUT2D eigenvalue weighted by Gasteiger charge is -2.39. The zero-order valence-corrected chi connectivity index (χ0v) is 16.7. The molecule has 158 valence electrons. The predicted molar refractivity (Wildman–Crippen MR) is 109 cm³/mol. The predicted octanol–water partition coefficient (Wildman–Crippen LogP) is 1.02. The number of benzene rings is 1. The van der Waals surface area contributed by atoms with Crippen LogP contribution in [-0.2, 0) is 11.2 Å². The standard InChI is InChI=1S/C20H24BN3O6/c1-2-7-23(11-22)10-16(25)24-8-13(9-24)29-15-6-4-12-3-5-14-19(26)21(14)30-18(12)17(15)20(27)28/h2,4,6-7,11,13-14,19,22,26H,3,5,8-10H2,1H3,(H,27,28)/b7-2-,22-11?/t14?,19-/m0/s1. The fourth-order valence-corrected chi connectivity index (χ4v) is 4.00. The van der Waals surface area contributed by atoms with Crippen LogP contribution in [0, 0.1) is 5.41 Å². The Morgan fingerprint density at radius 2 is 2.20 bits per heavy atom. The van der Waals surface area contributed by atoms with Crippen molar-refractivity contribution in [2.45, 2.75) is 37.7 Å². The van der Waals surface area contributed by atoms with Gasteiger partial charge in [0, 0.05) is 12.0 Å². The molecule has 1 unspecified atom stereocenters. The third-order valence-corrected chi connectivity index (χ3v) is 5.79. The molecule has 9 nitrogen and oxygen atoms in total. The first kappa shape index (κ1) is 20.3. The molecule has 3 aliphatic heterocycles. The van der Waals surface area contributed by atoms with E-state index in [1.54, 1.807) is 23.2 Å². The number of likely N-dealkylation sites (tertiary alicyclic amines) is 1. The smallest absolute Gasteiger partial charge is 0.391 e. The molecule has 1 amide bonds. The van der Waals surface area contributed by atoms with Gasteiger partial charge in [-0.05, 0) is 31.4 Å². The van der Waals surface area contributed by atoms with Crippen molar-refractivity contribution in [3.8, 4) is 11.5 Å². The maximum absolute atomic E-state index is 12.3. The summed E-state index contributed by atoms with van der Waals surface area (Å²) >= 11 is 0. The minimum atomic E-state index is -1.14. The molecule has 2 atom stereocenters. The maximum Gasteiger partial charge on any atom is 0.391 e. The van der Waals surface area contributed by atoms with Crippen LogP contribution in [0.5, 0.6) is 11.5 Å². The number of fused-ring (bicyclic) bond motifs is 2. The van der Waals surface area contributed by atoms with Crippen LogP contribution in [0.25, 0.3) is 0 Å². The molecule has 30 heavy (non-hydrogen) atoms. The first-order valence-corrected chi connectivity index (χ1v) is 10.0. The molecule has 0 radical (unpaired) electrons. The number of allylic oxidation sites excluding steroid dienone is 1. The Kier molecular flexibility index (Phi) is 5.42. The van der Waals surface area contributed by atoms with Crippen molar-refractivity contribution in [2.75, 3.05) is 19.6 Å². The number of rotatable bonds is 7. The summed E-state index contributed by atoms with van der Waals surface area (Å²) in [5, 5.41) is 27.0. The lowest BCUT2D eigenvalue weighted by atomic mass is 9.88. The topological polar surface area (TPSA) is 123 Å². The van der Waals surface area contributed by atoms with E-state index in [0.717, 1.165) is 18.3 Å². The molecule has 1 aromatic carbocycles. The average Bonchev–Trinajstić information content (AvgIpc) is 3.34. The molecule has 3 aliphatic rings. The van der Waals surface area contributed by atoms with Gasteiger partial charge < -0.3 is 29.4 Å². The van der Waals surface area contributed by atoms with Gasteiger partial charge in [-0.1, -0.05) is 12.1 Å². The largest absolute Gasteiger partial charge is 0.557 e. The Morgan fingerprint density at radius 3 is 2.87 bits per heavy atom. The Balaban J connectivity index is 1.42. The summed E-state index contributed by atoms with van der Waals surface area (Å²) in [5.41, 5.74) is 0.778. The highest BCUT2D eigenvalue weighted by Crippen LogP contribution is 2.47. The molecule has 3 N–H and O–H groups in total. The van der Waals surface area contributed by atoms with E-state index in [1.807, 2.05) is 13.0 Å². The summed E-state index contributed by atoms with van der Waals surface area (Å²) < 4.78 is 11.7. The summed E-state index contributed by atoms with van der Waals surface area (Å²) in [6, 6.07) is 2.92. The highest BCUT2D eigenvalue weighted by atomic mass is 16.5. The second-order valence-corrected chi connectivity index (χ2v) is 7.83. The zero-order chi connectivity index (χ0) is 21.4. The summed E-state index contributed by atoms with van der Waals surface area (Å²) in [4.78, 5) is 27.3. The highest BCUT2D eigenvalue weighted by molar-refractivity contribution is 6.68. The van der Waals surface area contributed by atoms with Gasteiger partial charge in [-0.2, -0.15) is 0 Å². The molecular weight excluding hydrogens is 389 g/mol. The SMILES string of the molecule is C/C=C\N(C=N)CC(=O)N1CC(Oc2ccc3c(c2C(=O)O)OB2C(CC3)[C@@H]2O)C1. The quantitative estimate of drug-likeness (QED) is 0.346. The van der Waals surface area contributed by atoms with Crippen molar-refractivity contribution in [3.05, 3.63) is 35.5 Å². The molecular formula is C20H24BN3O6. The van der Waals surface area contributed by atoms with Gasteiger partial charge in [-0.15, -0.1) is 0 Å². The van der Waals surface area contributed by atoms with Gasteiger partial charge in [0.15, 0.2) is 0 Å². The number of hydrogen-bond acceptors (Lipinski definition) is 6. The van der Waals surface area contributed by atoms with Gasteiger partial charge in [0.25, 0.3) is 0 Å². The number of nitrogens with one attached hydrogen (secondary N) is 1. The average molecular weight is 413 g/mol. The Hall–Kier alpha value is -3.01. The number of ether oxygens (including phenoxy) is 1. The third-order valence-electron chi connectivity index (χ3n) is 5.79. The Labute approximate surface area is 174 Å². The molecule has 4 rings (SSSR count). The summed E-state index contributed by atoms with van der Waals surface area (Å²) in [5.74, 6) is -0.728. The fraction of sp³-hybridized carbons (Fsp3) is 0.450. The van der Waals surface area contributed by atoms with E-state index in [-0.39, 0.29) is 48.4 Å². The first-order chi connectivity index (χ1) is 14.4. The number of hydrogen-bond donors (Lipinski definition) is 3. The van der Waals surface area contributed by atoms with E-state index < -0.39 is 12.0 Å². The number of aliphatic hydroxyl groups excluding tert-OH is 1. The van der Waals surface area contributed by atoms with E-state index in [1.165, 1.54) is 4.90 Å². The van der Waals surface area contributed by atoms with Crippen molar-refractivity contribution >= 4 is 25.1 Å². The molecule has 2 fully saturated rings. The fourth-order valence-electron chi connectivity index (χ4n) is 4.00. The van der Waals surface area contributed by atoms with Crippen molar-refractivity contribution in [1.29, 1.82) is 5.41 Å². The number of aromatic carboxylic acids is 1. The van der Waals surface area contributed by atoms with E-state index in [2.05, 4.69) is 0 Å². The molecule has 0 bridgehead atoms. The lowest BCUT2D eigenvalue weighted by Crippen LogP contribution is -2.57. The number of aryl methyl sites for hydroxylation is 1. The zero-order valence-electron chi connectivity index (χ0n) is 16.7. The monoisotopic (exact) mass is 413 g/mol. The van der Waals surface area contributed by atoms with Gasteiger partial charge in [-0.3, -0.25) is 10.2 Å². The second kappa shape index (κ2) is 8.02. The number of nitrogens with zero attached hydrogens (tertiary/aromatic N) is 2. The maximum atomic E-state index is 12.3. The third kappa shape index (κ3) is 3.74. The van der Waals surface area contributed by atoms with E-state index in [0.29, 0.717) is 19.5 Å². The van der Waals surface area contributed by atoms with Crippen LogP contribution in [0.15, 0.2) is 24.4 Å². The number of carbonyl (C=O) groups is 2. The molecule has 0 spiro atoms. The highest BCUT2D eigenvalue weighted by Gasteiger charge is 2.58.